The molecule has 1 N–H and O–H groups in total. The molecule has 0 amide bonds. The Labute approximate surface area is 94.3 Å². The van der Waals surface area contributed by atoms with Crippen LogP contribution in [0.5, 0.6) is 5.75 Å². The van der Waals surface area contributed by atoms with Gasteiger partial charge in [-0.2, -0.15) is 0 Å². The van der Waals surface area contributed by atoms with Crippen LogP contribution < -0.4 is 10.1 Å². The van der Waals surface area contributed by atoms with E-state index < -0.39 is 0 Å². The van der Waals surface area contributed by atoms with Gasteiger partial charge in [0.2, 0.25) is 0 Å². The first kappa shape index (κ1) is 10.4. The minimum atomic E-state index is 0.693. The molecule has 2 rings (SSSR count). The normalized spacial score (nSPS) is 9.88. The summed E-state index contributed by atoms with van der Waals surface area (Å²) in [7, 11) is 1.64. The molecule has 4 nitrogen and oxygen atoms in total. The van der Waals surface area contributed by atoms with Crippen LogP contribution >= 0.6 is 0 Å². The molecule has 0 spiro atoms. The lowest BCUT2D eigenvalue weighted by Crippen LogP contribution is -1.96. The average molecular weight is 214 g/mol. The molecule has 1 aromatic heterocycles. The van der Waals surface area contributed by atoms with E-state index in [1.165, 1.54) is 0 Å². The van der Waals surface area contributed by atoms with Crippen LogP contribution in [0.25, 0.3) is 0 Å². The highest BCUT2D eigenvalue weighted by molar-refractivity contribution is 5.56. The minimum absolute atomic E-state index is 0.693. The maximum Gasteiger partial charge on any atom is 0.134 e. The number of hydrogen-bond donors (Lipinski definition) is 1. The van der Waals surface area contributed by atoms with Crippen molar-refractivity contribution in [3.63, 3.8) is 0 Å². The Kier molecular flexibility index (Phi) is 3.00. The van der Waals surface area contributed by atoms with Crippen LogP contribution in [-0.4, -0.2) is 17.1 Å². The number of methoxy groups -OCH3 is 1. The Morgan fingerprint density at radius 1 is 1.25 bits per heavy atom. The zero-order chi connectivity index (χ0) is 11.4. The van der Waals surface area contributed by atoms with Gasteiger partial charge in [0.25, 0.3) is 0 Å². The standard InChI is InChI=1S/C12H12N3O/c1-9-13-8-7-12(14-9)15-10-3-5-11(16-2)6-4-10/h3-7H,1-2H3,(H,13,14,15). The molecule has 1 radical (unpaired) electrons. The number of aromatic nitrogens is 2. The summed E-state index contributed by atoms with van der Waals surface area (Å²) < 4.78 is 5.08. The molecule has 0 saturated heterocycles. The summed E-state index contributed by atoms with van der Waals surface area (Å²) in [4.78, 5) is 8.14. The molecule has 4 heteroatoms. The number of ether oxygens (including phenoxy) is 1. The fourth-order valence-corrected chi connectivity index (χ4v) is 1.30. The van der Waals surface area contributed by atoms with Crippen molar-refractivity contribution >= 4 is 11.5 Å². The number of benzene rings is 1. The van der Waals surface area contributed by atoms with Gasteiger partial charge in [0.05, 0.1) is 13.3 Å². The second-order valence-corrected chi connectivity index (χ2v) is 3.28. The van der Waals surface area contributed by atoms with Crippen LogP contribution in [0.3, 0.4) is 0 Å². The highest BCUT2D eigenvalue weighted by atomic mass is 16.5. The lowest BCUT2D eigenvalue weighted by molar-refractivity contribution is 0.415. The van der Waals surface area contributed by atoms with Gasteiger partial charge in [-0.3, -0.25) is 0 Å². The molecule has 81 valence electrons. The highest BCUT2D eigenvalue weighted by Gasteiger charge is 1.97. The van der Waals surface area contributed by atoms with Gasteiger partial charge in [0, 0.05) is 11.8 Å². The van der Waals surface area contributed by atoms with Crippen LogP contribution in [0, 0.1) is 13.1 Å². The van der Waals surface area contributed by atoms with Crippen LogP contribution in [0.4, 0.5) is 11.5 Å². The number of anilines is 2. The first-order chi connectivity index (χ1) is 7.78. The molecule has 0 atom stereocenters. The third-order valence-electron chi connectivity index (χ3n) is 2.07. The van der Waals surface area contributed by atoms with Gasteiger partial charge in [-0.1, -0.05) is 0 Å². The van der Waals surface area contributed by atoms with Crippen LogP contribution in [-0.2, 0) is 0 Å². The number of nitrogens with one attached hydrogen (secondary N) is 1. The minimum Gasteiger partial charge on any atom is -0.497 e. The molecule has 1 heterocycles. The molecular formula is C12H12N3O. The summed E-state index contributed by atoms with van der Waals surface area (Å²) in [6.45, 7) is 1.83. The van der Waals surface area contributed by atoms with Crippen molar-refractivity contribution in [2.24, 2.45) is 0 Å². The average Bonchev–Trinajstić information content (AvgIpc) is 2.30. The van der Waals surface area contributed by atoms with E-state index in [0.29, 0.717) is 5.82 Å². The second-order valence-electron chi connectivity index (χ2n) is 3.28. The fourth-order valence-electron chi connectivity index (χ4n) is 1.30. The van der Waals surface area contributed by atoms with E-state index in [0.717, 1.165) is 17.3 Å². The lowest BCUT2D eigenvalue weighted by Gasteiger charge is -2.06. The lowest BCUT2D eigenvalue weighted by atomic mass is 10.3. The van der Waals surface area contributed by atoms with Crippen LogP contribution in [0.2, 0.25) is 0 Å². The Morgan fingerprint density at radius 2 is 2.00 bits per heavy atom. The van der Waals surface area contributed by atoms with E-state index in [1.54, 1.807) is 13.2 Å². The van der Waals surface area contributed by atoms with Gasteiger partial charge in [-0.05, 0) is 31.2 Å². The van der Waals surface area contributed by atoms with Crippen molar-refractivity contribution in [2.75, 3.05) is 12.4 Å². The summed E-state index contributed by atoms with van der Waals surface area (Å²) >= 11 is 0. The van der Waals surface area contributed by atoms with E-state index in [1.807, 2.05) is 31.2 Å². The van der Waals surface area contributed by atoms with Crippen LogP contribution in [0.1, 0.15) is 5.82 Å². The van der Waals surface area contributed by atoms with Crippen molar-refractivity contribution in [3.8, 4) is 5.75 Å². The zero-order valence-corrected chi connectivity index (χ0v) is 9.19. The predicted molar refractivity (Wildman–Crippen MR) is 61.9 cm³/mol. The fraction of sp³-hybridized carbons (Fsp3) is 0.167. The van der Waals surface area contributed by atoms with Gasteiger partial charge < -0.3 is 10.1 Å². The maximum atomic E-state index is 5.08. The summed E-state index contributed by atoms with van der Waals surface area (Å²) in [5.74, 6) is 2.26. The maximum absolute atomic E-state index is 5.08. The second kappa shape index (κ2) is 4.61. The van der Waals surface area contributed by atoms with Crippen molar-refractivity contribution in [1.29, 1.82) is 0 Å². The third-order valence-corrected chi connectivity index (χ3v) is 2.07. The molecule has 16 heavy (non-hydrogen) atoms. The summed E-state index contributed by atoms with van der Waals surface area (Å²) in [6.07, 6.45) is 2.77. The van der Waals surface area contributed by atoms with E-state index in [9.17, 15) is 0 Å². The molecule has 1 aromatic carbocycles. The monoisotopic (exact) mass is 214 g/mol. The predicted octanol–water partition coefficient (Wildman–Crippen LogP) is 2.34. The molecule has 0 fully saturated rings. The number of rotatable bonds is 3. The molecule has 0 bridgehead atoms. The van der Waals surface area contributed by atoms with Crippen molar-refractivity contribution in [2.45, 2.75) is 6.92 Å². The Morgan fingerprint density at radius 3 is 2.62 bits per heavy atom. The first-order valence-electron chi connectivity index (χ1n) is 4.91. The molecule has 2 aromatic rings. The van der Waals surface area contributed by atoms with Crippen molar-refractivity contribution in [3.05, 3.63) is 42.4 Å². The first-order valence-corrected chi connectivity index (χ1v) is 4.91. The summed E-state index contributed by atoms with van der Waals surface area (Å²) in [5, 5.41) is 3.16. The number of hydrogen-bond acceptors (Lipinski definition) is 4. The van der Waals surface area contributed by atoms with Gasteiger partial charge in [0.1, 0.15) is 17.4 Å². The Hall–Kier alpha value is -2.10. The van der Waals surface area contributed by atoms with E-state index in [-0.39, 0.29) is 0 Å². The quantitative estimate of drug-likeness (QED) is 0.851. The molecule has 0 saturated carbocycles. The smallest absolute Gasteiger partial charge is 0.134 e. The SMILES string of the molecule is COc1ccc(Nc2c[c]nc(C)n2)cc1. The molecule has 0 aliphatic rings. The number of aryl methyl sites for hydroxylation is 1. The van der Waals surface area contributed by atoms with Crippen molar-refractivity contribution in [1.82, 2.24) is 9.97 Å². The molecule has 0 aliphatic carbocycles. The van der Waals surface area contributed by atoms with Crippen LogP contribution in [0.15, 0.2) is 30.3 Å². The van der Waals surface area contributed by atoms with Gasteiger partial charge in [-0.25, -0.2) is 9.97 Å². The zero-order valence-electron chi connectivity index (χ0n) is 9.19. The highest BCUT2D eigenvalue weighted by Crippen LogP contribution is 2.18. The Balaban J connectivity index is 2.14. The molecular weight excluding hydrogens is 202 g/mol. The Bertz CT molecular complexity index is 468. The number of nitrogens with zero attached hydrogens (tertiary/aromatic N) is 2. The molecule has 0 unspecified atom stereocenters. The third kappa shape index (κ3) is 2.48. The molecule has 0 aliphatic heterocycles. The van der Waals surface area contributed by atoms with Gasteiger partial charge in [0.15, 0.2) is 0 Å². The summed E-state index contributed by atoms with van der Waals surface area (Å²) in [6, 6.07) is 9.34. The summed E-state index contributed by atoms with van der Waals surface area (Å²) in [5.41, 5.74) is 0.951. The topological polar surface area (TPSA) is 47.0 Å². The largest absolute Gasteiger partial charge is 0.497 e. The van der Waals surface area contributed by atoms with E-state index in [2.05, 4.69) is 21.5 Å². The van der Waals surface area contributed by atoms with Gasteiger partial charge >= 0.3 is 0 Å². The van der Waals surface area contributed by atoms with Crippen molar-refractivity contribution < 1.29 is 4.74 Å². The van der Waals surface area contributed by atoms with E-state index >= 15 is 0 Å². The van der Waals surface area contributed by atoms with E-state index in [4.69, 9.17) is 4.74 Å². The van der Waals surface area contributed by atoms with Gasteiger partial charge in [-0.15, -0.1) is 0 Å².